The van der Waals surface area contributed by atoms with Crippen LogP contribution in [0.2, 0.25) is 0 Å². The first-order valence-electron chi connectivity index (χ1n) is 5.94. The summed E-state index contributed by atoms with van der Waals surface area (Å²) in [6.45, 7) is 4.21. The highest BCUT2D eigenvalue weighted by atomic mass is 15.2. The normalized spacial score (nSPS) is 17.5. The molecular formula is C13H18N4. The average Bonchev–Trinajstić information content (AvgIpc) is 2.54. The number of hydrogen-bond acceptors (Lipinski definition) is 4. The highest BCUT2D eigenvalue weighted by Gasteiger charge is 2.14. The van der Waals surface area contributed by atoms with Crippen molar-refractivity contribution in [2.75, 3.05) is 43.9 Å². The van der Waals surface area contributed by atoms with Crippen LogP contribution < -0.4 is 10.6 Å². The van der Waals surface area contributed by atoms with Crippen molar-refractivity contribution >= 4 is 11.4 Å². The molecule has 2 rings (SSSR count). The van der Waals surface area contributed by atoms with Gasteiger partial charge in [0.05, 0.1) is 23.0 Å². The number of nitrogen functional groups attached to an aromatic ring is 1. The molecule has 0 radical (unpaired) electrons. The van der Waals surface area contributed by atoms with E-state index in [0.29, 0.717) is 11.3 Å². The molecule has 2 N–H and O–H groups in total. The van der Waals surface area contributed by atoms with Gasteiger partial charge in [0.15, 0.2) is 0 Å². The van der Waals surface area contributed by atoms with Crippen LogP contribution in [0.5, 0.6) is 0 Å². The maximum absolute atomic E-state index is 8.82. The first-order valence-corrected chi connectivity index (χ1v) is 5.94. The Balaban J connectivity index is 2.19. The zero-order chi connectivity index (χ0) is 12.3. The van der Waals surface area contributed by atoms with Crippen molar-refractivity contribution in [2.24, 2.45) is 0 Å². The summed E-state index contributed by atoms with van der Waals surface area (Å²) in [4.78, 5) is 4.64. The van der Waals surface area contributed by atoms with Gasteiger partial charge in [0.25, 0.3) is 0 Å². The largest absolute Gasteiger partial charge is 0.397 e. The second-order valence-electron chi connectivity index (χ2n) is 4.53. The van der Waals surface area contributed by atoms with Crippen molar-refractivity contribution in [2.45, 2.75) is 6.42 Å². The van der Waals surface area contributed by atoms with Gasteiger partial charge < -0.3 is 15.5 Å². The second kappa shape index (κ2) is 5.07. The Labute approximate surface area is 102 Å². The van der Waals surface area contributed by atoms with Crippen molar-refractivity contribution in [1.29, 1.82) is 5.26 Å². The second-order valence-corrected chi connectivity index (χ2v) is 4.53. The zero-order valence-corrected chi connectivity index (χ0v) is 10.2. The lowest BCUT2D eigenvalue weighted by molar-refractivity contribution is 0.360. The molecule has 4 nitrogen and oxygen atoms in total. The molecule has 0 aliphatic carbocycles. The molecule has 1 aromatic carbocycles. The number of rotatable bonds is 1. The summed E-state index contributed by atoms with van der Waals surface area (Å²) in [5, 5.41) is 8.82. The van der Waals surface area contributed by atoms with Gasteiger partial charge in [0, 0.05) is 19.6 Å². The molecule has 1 saturated heterocycles. The summed E-state index contributed by atoms with van der Waals surface area (Å²) >= 11 is 0. The quantitative estimate of drug-likeness (QED) is 0.738. The van der Waals surface area contributed by atoms with E-state index in [2.05, 4.69) is 22.9 Å². The summed E-state index contributed by atoms with van der Waals surface area (Å²) in [5.74, 6) is 0. The smallest absolute Gasteiger partial charge is 0.0992 e. The third-order valence-corrected chi connectivity index (χ3v) is 3.22. The van der Waals surface area contributed by atoms with Crippen molar-refractivity contribution in [3.8, 4) is 6.07 Å². The topological polar surface area (TPSA) is 56.3 Å². The first kappa shape index (κ1) is 11.7. The Bertz CT molecular complexity index is 436. The maximum Gasteiger partial charge on any atom is 0.0992 e. The van der Waals surface area contributed by atoms with Crippen molar-refractivity contribution in [3.05, 3.63) is 23.8 Å². The van der Waals surface area contributed by atoms with Crippen LogP contribution in [-0.4, -0.2) is 38.1 Å². The van der Waals surface area contributed by atoms with E-state index in [9.17, 15) is 0 Å². The number of likely N-dealkylation sites (N-methyl/N-ethyl adjacent to an activating group) is 1. The van der Waals surface area contributed by atoms with E-state index in [4.69, 9.17) is 11.0 Å². The minimum Gasteiger partial charge on any atom is -0.397 e. The molecule has 0 bridgehead atoms. The third-order valence-electron chi connectivity index (χ3n) is 3.22. The minimum absolute atomic E-state index is 0.623. The van der Waals surface area contributed by atoms with Gasteiger partial charge in [0.2, 0.25) is 0 Å². The minimum atomic E-state index is 0.623. The van der Waals surface area contributed by atoms with E-state index in [-0.39, 0.29) is 0 Å². The molecule has 90 valence electrons. The van der Waals surface area contributed by atoms with Crippen molar-refractivity contribution < 1.29 is 0 Å². The lowest BCUT2D eigenvalue weighted by Crippen LogP contribution is -2.29. The average molecular weight is 230 g/mol. The Morgan fingerprint density at radius 3 is 2.76 bits per heavy atom. The summed E-state index contributed by atoms with van der Waals surface area (Å²) in [6, 6.07) is 7.66. The molecule has 0 saturated carbocycles. The van der Waals surface area contributed by atoms with Crippen LogP contribution >= 0.6 is 0 Å². The molecule has 1 aliphatic heterocycles. The summed E-state index contributed by atoms with van der Waals surface area (Å²) in [7, 11) is 2.14. The Morgan fingerprint density at radius 2 is 2.06 bits per heavy atom. The molecule has 0 spiro atoms. The number of nitrogens with two attached hydrogens (primary N) is 1. The molecule has 0 unspecified atom stereocenters. The summed E-state index contributed by atoms with van der Waals surface area (Å²) in [5.41, 5.74) is 8.39. The van der Waals surface area contributed by atoms with E-state index in [0.717, 1.165) is 38.3 Å². The molecule has 1 aromatic rings. The Morgan fingerprint density at radius 1 is 1.24 bits per heavy atom. The highest BCUT2D eigenvalue weighted by Crippen LogP contribution is 2.25. The Hall–Kier alpha value is -1.73. The first-order chi connectivity index (χ1) is 8.20. The number of benzene rings is 1. The summed E-state index contributed by atoms with van der Waals surface area (Å²) < 4.78 is 0. The van der Waals surface area contributed by atoms with E-state index in [1.807, 2.05) is 12.1 Å². The predicted molar refractivity (Wildman–Crippen MR) is 69.9 cm³/mol. The number of anilines is 2. The molecule has 17 heavy (non-hydrogen) atoms. The van der Waals surface area contributed by atoms with Gasteiger partial charge in [-0.3, -0.25) is 0 Å². The highest BCUT2D eigenvalue weighted by molar-refractivity contribution is 5.69. The molecule has 0 amide bonds. The van der Waals surface area contributed by atoms with Crippen molar-refractivity contribution in [3.63, 3.8) is 0 Å². The van der Waals surface area contributed by atoms with E-state index in [1.165, 1.54) is 0 Å². The fourth-order valence-electron chi connectivity index (χ4n) is 2.20. The molecule has 1 aliphatic rings. The maximum atomic E-state index is 8.82. The lowest BCUT2D eigenvalue weighted by atomic mass is 10.1. The molecular weight excluding hydrogens is 212 g/mol. The van der Waals surface area contributed by atoms with Crippen molar-refractivity contribution in [1.82, 2.24) is 4.90 Å². The number of nitriles is 1. The van der Waals surface area contributed by atoms with Gasteiger partial charge in [-0.1, -0.05) is 0 Å². The fourth-order valence-corrected chi connectivity index (χ4v) is 2.20. The van der Waals surface area contributed by atoms with Gasteiger partial charge in [-0.25, -0.2) is 0 Å². The SMILES string of the molecule is CN1CCCN(c2ccc(C#N)cc2N)CC1. The molecule has 1 heterocycles. The predicted octanol–water partition coefficient (Wildman–Crippen LogP) is 1.28. The summed E-state index contributed by atoms with van der Waals surface area (Å²) in [6.07, 6.45) is 1.15. The molecule has 4 heteroatoms. The van der Waals surface area contributed by atoms with Gasteiger partial charge in [0.1, 0.15) is 0 Å². The van der Waals surface area contributed by atoms with E-state index in [1.54, 1.807) is 6.07 Å². The Kier molecular flexibility index (Phi) is 3.50. The van der Waals surface area contributed by atoms with E-state index < -0.39 is 0 Å². The monoisotopic (exact) mass is 230 g/mol. The van der Waals surface area contributed by atoms with Gasteiger partial charge in [-0.2, -0.15) is 5.26 Å². The molecule has 0 aromatic heterocycles. The zero-order valence-electron chi connectivity index (χ0n) is 10.2. The third kappa shape index (κ3) is 2.69. The van der Waals surface area contributed by atoms with Crippen LogP contribution in [0.1, 0.15) is 12.0 Å². The van der Waals surface area contributed by atoms with Crippen LogP contribution in [0.3, 0.4) is 0 Å². The van der Waals surface area contributed by atoms with Crippen LogP contribution in [0.25, 0.3) is 0 Å². The lowest BCUT2D eigenvalue weighted by Gasteiger charge is -2.24. The number of hydrogen-bond donors (Lipinski definition) is 1. The molecule has 1 fully saturated rings. The van der Waals surface area contributed by atoms with Crippen LogP contribution in [-0.2, 0) is 0 Å². The molecule has 0 atom stereocenters. The van der Waals surface area contributed by atoms with Crippen LogP contribution in [0.4, 0.5) is 11.4 Å². The van der Waals surface area contributed by atoms with Crippen LogP contribution in [0, 0.1) is 11.3 Å². The van der Waals surface area contributed by atoms with Gasteiger partial charge >= 0.3 is 0 Å². The van der Waals surface area contributed by atoms with E-state index >= 15 is 0 Å². The standard InChI is InChI=1S/C13H18N4/c1-16-5-2-6-17(8-7-16)13-4-3-11(10-14)9-12(13)15/h3-4,9H,2,5-8,15H2,1H3. The van der Waals surface area contributed by atoms with Gasteiger partial charge in [-0.15, -0.1) is 0 Å². The number of nitrogens with zero attached hydrogens (tertiary/aromatic N) is 3. The van der Waals surface area contributed by atoms with Crippen LogP contribution in [0.15, 0.2) is 18.2 Å². The van der Waals surface area contributed by atoms with Gasteiger partial charge in [-0.05, 0) is 38.2 Å². The fraction of sp³-hybridized carbons (Fsp3) is 0.462.